The molecule has 1 aromatic carbocycles. The number of benzene rings is 1. The maximum atomic E-state index is 13.0. The average Bonchev–Trinajstić information content (AvgIpc) is 2.50. The molecule has 1 N–H and O–H groups in total. The number of ether oxygens (including phenoxy) is 1. The highest BCUT2D eigenvalue weighted by Gasteiger charge is 2.27. The zero-order valence-electron chi connectivity index (χ0n) is 13.4. The fourth-order valence-electron chi connectivity index (χ4n) is 2.79. The molecule has 7 heteroatoms. The maximum Gasteiger partial charge on any atom is 0.263 e. The van der Waals surface area contributed by atoms with Crippen LogP contribution < -0.4 is 10.1 Å². The largest absolute Gasteiger partial charge is 0.479 e. The van der Waals surface area contributed by atoms with Crippen molar-refractivity contribution < 1.29 is 13.9 Å². The third kappa shape index (κ3) is 5.52. The Kier molecular flexibility index (Phi) is 8.09. The number of carbonyl (C=O) groups is 1. The van der Waals surface area contributed by atoms with Crippen LogP contribution in [0.25, 0.3) is 0 Å². The lowest BCUT2D eigenvalue weighted by molar-refractivity contribution is -0.139. The van der Waals surface area contributed by atoms with Gasteiger partial charge in [0.2, 0.25) is 0 Å². The highest BCUT2D eigenvalue weighted by molar-refractivity contribution is 6.32. The van der Waals surface area contributed by atoms with Crippen LogP contribution in [-0.4, -0.2) is 43.6 Å². The van der Waals surface area contributed by atoms with Gasteiger partial charge in [-0.2, -0.15) is 0 Å². The summed E-state index contributed by atoms with van der Waals surface area (Å²) in [5.41, 5.74) is 0. The van der Waals surface area contributed by atoms with E-state index in [1.54, 1.807) is 6.92 Å². The van der Waals surface area contributed by atoms with Crippen LogP contribution in [0, 0.1) is 11.7 Å². The Bertz CT molecular complexity index is 529. The second-order valence-corrected chi connectivity index (χ2v) is 6.09. The SMILES string of the molecule is CNCC1CCCN(C(=O)C(C)Oc2ccc(F)cc2Cl)C1.Cl. The van der Waals surface area contributed by atoms with Crippen molar-refractivity contribution in [1.82, 2.24) is 10.2 Å². The molecular formula is C16H23Cl2FN2O2. The Morgan fingerprint density at radius 1 is 1.57 bits per heavy atom. The molecule has 1 aliphatic heterocycles. The number of rotatable bonds is 5. The van der Waals surface area contributed by atoms with E-state index in [0.717, 1.165) is 32.5 Å². The van der Waals surface area contributed by atoms with Crippen molar-refractivity contribution in [2.24, 2.45) is 5.92 Å². The van der Waals surface area contributed by atoms with E-state index in [1.165, 1.54) is 18.2 Å². The van der Waals surface area contributed by atoms with Crippen LogP contribution in [-0.2, 0) is 4.79 Å². The van der Waals surface area contributed by atoms with Crippen molar-refractivity contribution in [3.05, 3.63) is 29.0 Å². The van der Waals surface area contributed by atoms with E-state index in [0.29, 0.717) is 11.7 Å². The Morgan fingerprint density at radius 2 is 2.30 bits per heavy atom. The van der Waals surface area contributed by atoms with E-state index in [1.807, 2.05) is 11.9 Å². The lowest BCUT2D eigenvalue weighted by Gasteiger charge is -2.34. The number of halogens is 3. The molecule has 2 unspecified atom stereocenters. The van der Waals surface area contributed by atoms with E-state index >= 15 is 0 Å². The molecule has 23 heavy (non-hydrogen) atoms. The third-order valence-electron chi connectivity index (χ3n) is 3.87. The first kappa shape index (κ1) is 20.0. The third-order valence-corrected chi connectivity index (χ3v) is 4.16. The lowest BCUT2D eigenvalue weighted by atomic mass is 9.97. The first-order chi connectivity index (χ1) is 10.5. The Balaban J connectivity index is 0.00000264. The molecule has 4 nitrogen and oxygen atoms in total. The highest BCUT2D eigenvalue weighted by Crippen LogP contribution is 2.26. The lowest BCUT2D eigenvalue weighted by Crippen LogP contribution is -2.47. The van der Waals surface area contributed by atoms with E-state index < -0.39 is 11.9 Å². The monoisotopic (exact) mass is 364 g/mol. The van der Waals surface area contributed by atoms with Crippen molar-refractivity contribution in [2.75, 3.05) is 26.7 Å². The maximum absolute atomic E-state index is 13.0. The minimum atomic E-state index is -0.642. The van der Waals surface area contributed by atoms with Crippen molar-refractivity contribution in [3.63, 3.8) is 0 Å². The van der Waals surface area contributed by atoms with Gasteiger partial charge in [-0.05, 0) is 57.5 Å². The van der Waals surface area contributed by atoms with E-state index in [9.17, 15) is 9.18 Å². The molecule has 0 spiro atoms. The highest BCUT2D eigenvalue weighted by atomic mass is 35.5. The van der Waals surface area contributed by atoms with Crippen molar-refractivity contribution in [3.8, 4) is 5.75 Å². The van der Waals surface area contributed by atoms with Gasteiger partial charge in [-0.15, -0.1) is 12.4 Å². The molecule has 0 radical (unpaired) electrons. The molecule has 1 amide bonds. The van der Waals surface area contributed by atoms with Gasteiger partial charge in [-0.1, -0.05) is 11.6 Å². The summed E-state index contributed by atoms with van der Waals surface area (Å²) in [6.07, 6.45) is 1.49. The van der Waals surface area contributed by atoms with E-state index in [4.69, 9.17) is 16.3 Å². The van der Waals surface area contributed by atoms with Gasteiger partial charge in [0.25, 0.3) is 5.91 Å². The van der Waals surface area contributed by atoms with Gasteiger partial charge in [0, 0.05) is 13.1 Å². The molecule has 1 fully saturated rings. The molecule has 1 aliphatic rings. The first-order valence-electron chi connectivity index (χ1n) is 7.56. The van der Waals surface area contributed by atoms with Gasteiger partial charge < -0.3 is 15.0 Å². The molecule has 0 saturated carbocycles. The molecule has 1 aromatic rings. The van der Waals surface area contributed by atoms with Crippen LogP contribution in [0.2, 0.25) is 5.02 Å². The van der Waals surface area contributed by atoms with Crippen molar-refractivity contribution >= 4 is 29.9 Å². The fourth-order valence-corrected chi connectivity index (χ4v) is 3.00. The molecule has 130 valence electrons. The van der Waals surface area contributed by atoms with Crippen molar-refractivity contribution in [2.45, 2.75) is 25.9 Å². The summed E-state index contributed by atoms with van der Waals surface area (Å²) in [6.45, 7) is 4.10. The number of likely N-dealkylation sites (tertiary alicyclic amines) is 1. The quantitative estimate of drug-likeness (QED) is 0.872. The average molecular weight is 365 g/mol. The molecular weight excluding hydrogens is 342 g/mol. The smallest absolute Gasteiger partial charge is 0.263 e. The molecule has 2 atom stereocenters. The summed E-state index contributed by atoms with van der Waals surface area (Å²) >= 11 is 5.93. The van der Waals surface area contributed by atoms with Crippen LogP contribution >= 0.6 is 24.0 Å². The normalized spacial score (nSPS) is 19.0. The summed E-state index contributed by atoms with van der Waals surface area (Å²) in [5.74, 6) is 0.320. The topological polar surface area (TPSA) is 41.6 Å². The summed E-state index contributed by atoms with van der Waals surface area (Å²) < 4.78 is 18.6. The summed E-state index contributed by atoms with van der Waals surface area (Å²) in [6, 6.07) is 3.89. The zero-order chi connectivity index (χ0) is 16.1. The number of nitrogens with one attached hydrogen (secondary N) is 1. The number of amides is 1. The molecule has 2 rings (SSSR count). The van der Waals surface area contributed by atoms with Crippen LogP contribution in [0.5, 0.6) is 5.75 Å². The molecule has 1 heterocycles. The summed E-state index contributed by atoms with van der Waals surface area (Å²) in [4.78, 5) is 14.3. The van der Waals surface area contributed by atoms with Gasteiger partial charge in [0.05, 0.1) is 5.02 Å². The van der Waals surface area contributed by atoms with Crippen LogP contribution in [0.15, 0.2) is 18.2 Å². The first-order valence-corrected chi connectivity index (χ1v) is 7.94. The number of hydrogen-bond donors (Lipinski definition) is 1. The zero-order valence-corrected chi connectivity index (χ0v) is 14.9. The van der Waals surface area contributed by atoms with Gasteiger partial charge in [0.1, 0.15) is 11.6 Å². The van der Waals surface area contributed by atoms with Gasteiger partial charge >= 0.3 is 0 Å². The van der Waals surface area contributed by atoms with E-state index in [-0.39, 0.29) is 23.3 Å². The second-order valence-electron chi connectivity index (χ2n) is 5.69. The number of nitrogens with zero attached hydrogens (tertiary/aromatic N) is 1. The number of hydrogen-bond acceptors (Lipinski definition) is 3. The summed E-state index contributed by atoms with van der Waals surface area (Å²) in [7, 11) is 1.92. The van der Waals surface area contributed by atoms with Crippen molar-refractivity contribution in [1.29, 1.82) is 0 Å². The Hall–Kier alpha value is -1.04. The Morgan fingerprint density at radius 3 is 2.96 bits per heavy atom. The van der Waals surface area contributed by atoms with Gasteiger partial charge in [0.15, 0.2) is 6.10 Å². The predicted octanol–water partition coefficient (Wildman–Crippen LogP) is 3.13. The van der Waals surface area contributed by atoms with Gasteiger partial charge in [-0.25, -0.2) is 4.39 Å². The second kappa shape index (κ2) is 9.30. The molecule has 0 bridgehead atoms. The van der Waals surface area contributed by atoms with Crippen LogP contribution in [0.4, 0.5) is 4.39 Å². The molecule has 1 saturated heterocycles. The van der Waals surface area contributed by atoms with Crippen LogP contribution in [0.3, 0.4) is 0 Å². The van der Waals surface area contributed by atoms with Crippen LogP contribution in [0.1, 0.15) is 19.8 Å². The molecule has 0 aliphatic carbocycles. The van der Waals surface area contributed by atoms with E-state index in [2.05, 4.69) is 5.32 Å². The number of piperidine rings is 1. The number of carbonyl (C=O) groups excluding carboxylic acids is 1. The van der Waals surface area contributed by atoms with Gasteiger partial charge in [-0.3, -0.25) is 4.79 Å². The fraction of sp³-hybridized carbons (Fsp3) is 0.562. The standard InChI is InChI=1S/C16H22ClFN2O2.ClH/c1-11(22-15-6-5-13(18)8-14(15)17)16(21)20-7-3-4-12(10-20)9-19-2;/h5-6,8,11-12,19H,3-4,7,9-10H2,1-2H3;1H. The minimum absolute atomic E-state index is 0. The molecule has 0 aromatic heterocycles. The Labute approximate surface area is 147 Å². The predicted molar refractivity (Wildman–Crippen MR) is 92.0 cm³/mol. The minimum Gasteiger partial charge on any atom is -0.479 e. The summed E-state index contributed by atoms with van der Waals surface area (Å²) in [5, 5.41) is 3.33.